The summed E-state index contributed by atoms with van der Waals surface area (Å²) in [5.41, 5.74) is 1.11. The van der Waals surface area contributed by atoms with Gasteiger partial charge >= 0.3 is 0 Å². The first-order chi connectivity index (χ1) is 10.3. The lowest BCUT2D eigenvalue weighted by Gasteiger charge is -2.36. The molecule has 0 aromatic heterocycles. The molecule has 1 aromatic carbocycles. The van der Waals surface area contributed by atoms with Crippen molar-refractivity contribution in [2.45, 2.75) is 64.0 Å². The summed E-state index contributed by atoms with van der Waals surface area (Å²) in [6, 6.07) is 5.27. The van der Waals surface area contributed by atoms with E-state index in [-0.39, 0.29) is 11.9 Å². The van der Waals surface area contributed by atoms with Gasteiger partial charge < -0.3 is 10.1 Å². The topological polar surface area (TPSA) is 21.3 Å². The van der Waals surface area contributed by atoms with Crippen molar-refractivity contribution in [1.82, 2.24) is 5.32 Å². The zero-order valence-corrected chi connectivity index (χ0v) is 12.9. The highest BCUT2D eigenvalue weighted by molar-refractivity contribution is 5.38. The van der Waals surface area contributed by atoms with Crippen LogP contribution in [0.3, 0.4) is 0 Å². The second-order valence-corrected chi connectivity index (χ2v) is 6.44. The second kappa shape index (κ2) is 6.78. The van der Waals surface area contributed by atoms with Crippen LogP contribution in [0.15, 0.2) is 18.2 Å². The number of hydrogen-bond donors (Lipinski definition) is 1. The van der Waals surface area contributed by atoms with Crippen LogP contribution in [0, 0.1) is 11.7 Å². The normalized spacial score (nSPS) is 26.8. The lowest BCUT2D eigenvalue weighted by Crippen LogP contribution is -2.37. The summed E-state index contributed by atoms with van der Waals surface area (Å²) in [4.78, 5) is 0. The Morgan fingerprint density at radius 2 is 1.95 bits per heavy atom. The molecule has 1 aromatic rings. The third-order valence-corrected chi connectivity index (χ3v) is 4.97. The van der Waals surface area contributed by atoms with Crippen LogP contribution >= 0.6 is 0 Å². The van der Waals surface area contributed by atoms with Gasteiger partial charge in [-0.3, -0.25) is 0 Å². The molecule has 21 heavy (non-hydrogen) atoms. The number of fused-ring (bicyclic) bond motifs is 1. The summed E-state index contributed by atoms with van der Waals surface area (Å²) in [6.07, 6.45) is 9.09. The van der Waals surface area contributed by atoms with Gasteiger partial charge in [0.1, 0.15) is 17.7 Å². The van der Waals surface area contributed by atoms with Gasteiger partial charge in [-0.15, -0.1) is 0 Å². The number of benzene rings is 1. The molecule has 0 spiro atoms. The molecule has 0 amide bonds. The molecule has 0 bridgehead atoms. The monoisotopic (exact) mass is 291 g/mol. The Bertz CT molecular complexity index is 468. The molecule has 2 atom stereocenters. The van der Waals surface area contributed by atoms with Gasteiger partial charge in [0, 0.05) is 24.1 Å². The van der Waals surface area contributed by atoms with E-state index in [0.717, 1.165) is 24.3 Å². The fourth-order valence-corrected chi connectivity index (χ4v) is 3.88. The van der Waals surface area contributed by atoms with Crippen molar-refractivity contribution >= 4 is 0 Å². The first-order valence-electron chi connectivity index (χ1n) is 8.47. The van der Waals surface area contributed by atoms with Crippen molar-refractivity contribution in [1.29, 1.82) is 0 Å². The number of nitrogens with one attached hydrogen (secondary N) is 1. The number of hydrogen-bond acceptors (Lipinski definition) is 2. The van der Waals surface area contributed by atoms with E-state index in [9.17, 15) is 4.39 Å². The van der Waals surface area contributed by atoms with Gasteiger partial charge in [0.05, 0.1) is 0 Å². The molecule has 1 N–H and O–H groups in total. The minimum absolute atomic E-state index is 0.203. The summed E-state index contributed by atoms with van der Waals surface area (Å²) >= 11 is 0. The molecule has 1 fully saturated rings. The van der Waals surface area contributed by atoms with E-state index in [1.165, 1.54) is 38.5 Å². The Hall–Kier alpha value is -1.09. The number of rotatable bonds is 3. The number of ether oxygens (including phenoxy) is 1. The molecule has 2 nitrogen and oxygen atoms in total. The molecule has 116 valence electrons. The van der Waals surface area contributed by atoms with Crippen molar-refractivity contribution in [3.63, 3.8) is 0 Å². The van der Waals surface area contributed by atoms with Crippen molar-refractivity contribution in [2.75, 3.05) is 6.54 Å². The number of halogens is 1. The van der Waals surface area contributed by atoms with Crippen LogP contribution in [0.1, 0.15) is 63.5 Å². The standard InChI is InChI=1S/C18H26FNO/c1-2-20-16-12-17(13-7-5-3-4-6-8-13)21-18-11-14(19)9-10-15(16)18/h9-11,13,16-17,20H,2-8,12H2,1H3. The Kier molecular flexibility index (Phi) is 4.79. The fourth-order valence-electron chi connectivity index (χ4n) is 3.88. The summed E-state index contributed by atoms with van der Waals surface area (Å²) < 4.78 is 19.7. The molecule has 2 unspecified atom stereocenters. The molecule has 1 heterocycles. The van der Waals surface area contributed by atoms with Gasteiger partial charge in [-0.2, -0.15) is 0 Å². The third kappa shape index (κ3) is 3.39. The van der Waals surface area contributed by atoms with Gasteiger partial charge in [0.2, 0.25) is 0 Å². The Morgan fingerprint density at radius 3 is 2.67 bits per heavy atom. The predicted octanol–water partition coefficient (Wildman–Crippen LogP) is 4.60. The summed E-state index contributed by atoms with van der Waals surface area (Å²) in [5, 5.41) is 3.54. The van der Waals surface area contributed by atoms with Gasteiger partial charge in [0.25, 0.3) is 0 Å². The molecule has 3 rings (SSSR count). The van der Waals surface area contributed by atoms with Crippen molar-refractivity contribution in [2.24, 2.45) is 5.92 Å². The van der Waals surface area contributed by atoms with Crippen LogP contribution in [0.5, 0.6) is 5.75 Å². The molecule has 3 heteroatoms. The van der Waals surface area contributed by atoms with E-state index in [2.05, 4.69) is 12.2 Å². The quantitative estimate of drug-likeness (QED) is 0.822. The van der Waals surface area contributed by atoms with Gasteiger partial charge in [-0.25, -0.2) is 4.39 Å². The van der Waals surface area contributed by atoms with Crippen LogP contribution < -0.4 is 10.1 Å². The van der Waals surface area contributed by atoms with Crippen LogP contribution in [-0.4, -0.2) is 12.6 Å². The van der Waals surface area contributed by atoms with E-state index >= 15 is 0 Å². The molecule has 1 aliphatic carbocycles. The smallest absolute Gasteiger partial charge is 0.127 e. The molecule has 0 saturated heterocycles. The minimum atomic E-state index is -0.203. The molecule has 1 aliphatic heterocycles. The summed E-state index contributed by atoms with van der Waals surface area (Å²) in [6.45, 7) is 3.05. The molecular weight excluding hydrogens is 265 g/mol. The average Bonchev–Trinajstić information content (AvgIpc) is 2.76. The Morgan fingerprint density at radius 1 is 1.19 bits per heavy atom. The highest BCUT2D eigenvalue weighted by Crippen LogP contribution is 2.40. The zero-order valence-electron chi connectivity index (χ0n) is 12.9. The van der Waals surface area contributed by atoms with E-state index in [1.54, 1.807) is 12.1 Å². The maximum Gasteiger partial charge on any atom is 0.127 e. The fraction of sp³-hybridized carbons (Fsp3) is 0.667. The highest BCUT2D eigenvalue weighted by Gasteiger charge is 2.33. The van der Waals surface area contributed by atoms with Gasteiger partial charge in [0.15, 0.2) is 0 Å². The van der Waals surface area contributed by atoms with Crippen LogP contribution in [0.4, 0.5) is 4.39 Å². The maximum absolute atomic E-state index is 13.5. The van der Waals surface area contributed by atoms with E-state index in [0.29, 0.717) is 12.0 Å². The van der Waals surface area contributed by atoms with Crippen molar-refractivity contribution in [3.05, 3.63) is 29.6 Å². The molecule has 0 radical (unpaired) electrons. The van der Waals surface area contributed by atoms with E-state index < -0.39 is 0 Å². The predicted molar refractivity (Wildman–Crippen MR) is 83.0 cm³/mol. The Balaban J connectivity index is 1.81. The lowest BCUT2D eigenvalue weighted by molar-refractivity contribution is 0.0842. The third-order valence-electron chi connectivity index (χ3n) is 4.97. The average molecular weight is 291 g/mol. The van der Waals surface area contributed by atoms with Gasteiger partial charge in [-0.1, -0.05) is 38.7 Å². The first kappa shape index (κ1) is 14.8. The summed E-state index contributed by atoms with van der Waals surface area (Å²) in [5.74, 6) is 1.18. The Labute approximate surface area is 127 Å². The molecular formula is C18H26FNO. The van der Waals surface area contributed by atoms with Gasteiger partial charge in [-0.05, 0) is 31.4 Å². The second-order valence-electron chi connectivity index (χ2n) is 6.44. The first-order valence-corrected chi connectivity index (χ1v) is 8.47. The minimum Gasteiger partial charge on any atom is -0.490 e. The van der Waals surface area contributed by atoms with Crippen molar-refractivity contribution < 1.29 is 9.13 Å². The molecule has 2 aliphatic rings. The summed E-state index contributed by atoms with van der Waals surface area (Å²) in [7, 11) is 0. The SMILES string of the molecule is CCNC1CC(C2CCCCCC2)Oc2cc(F)ccc21. The largest absolute Gasteiger partial charge is 0.490 e. The van der Waals surface area contributed by atoms with Crippen LogP contribution in [0.2, 0.25) is 0 Å². The van der Waals surface area contributed by atoms with Crippen LogP contribution in [0.25, 0.3) is 0 Å². The molecule has 1 saturated carbocycles. The van der Waals surface area contributed by atoms with E-state index in [4.69, 9.17) is 4.74 Å². The van der Waals surface area contributed by atoms with Crippen molar-refractivity contribution in [3.8, 4) is 5.75 Å². The zero-order chi connectivity index (χ0) is 14.7. The van der Waals surface area contributed by atoms with E-state index in [1.807, 2.05) is 6.07 Å². The lowest BCUT2D eigenvalue weighted by atomic mass is 9.86. The van der Waals surface area contributed by atoms with Crippen LogP contribution in [-0.2, 0) is 0 Å². The highest BCUT2D eigenvalue weighted by atomic mass is 19.1. The maximum atomic E-state index is 13.5.